The average molecular weight is 506 g/mol. The number of aryl methyl sites for hydroxylation is 1. The molecule has 0 unspecified atom stereocenters. The van der Waals surface area contributed by atoms with E-state index >= 15 is 0 Å². The Bertz CT molecular complexity index is 1520. The van der Waals surface area contributed by atoms with Crippen LogP contribution in [0.25, 0.3) is 5.69 Å². The summed E-state index contributed by atoms with van der Waals surface area (Å²) in [5.74, 6) is -0.116. The van der Waals surface area contributed by atoms with Crippen molar-refractivity contribution in [3.05, 3.63) is 115 Å². The van der Waals surface area contributed by atoms with Crippen LogP contribution >= 0.6 is 11.6 Å². The molecule has 4 rings (SSSR count). The van der Waals surface area contributed by atoms with Gasteiger partial charge in [0.05, 0.1) is 19.3 Å². The van der Waals surface area contributed by atoms with E-state index in [0.29, 0.717) is 28.4 Å². The van der Waals surface area contributed by atoms with Crippen molar-refractivity contribution in [2.45, 2.75) is 19.9 Å². The lowest BCUT2D eigenvalue weighted by molar-refractivity contribution is 0.0944. The minimum atomic E-state index is -0.799. The van der Waals surface area contributed by atoms with Crippen LogP contribution < -0.4 is 21.3 Å². The first-order valence-corrected chi connectivity index (χ1v) is 11.6. The van der Waals surface area contributed by atoms with Crippen molar-refractivity contribution in [3.8, 4) is 11.4 Å². The molecule has 9 nitrogen and oxygen atoms in total. The van der Waals surface area contributed by atoms with Crippen molar-refractivity contribution >= 4 is 17.5 Å². The summed E-state index contributed by atoms with van der Waals surface area (Å²) in [6, 6.07) is 17.4. The Balaban J connectivity index is 1.74. The molecule has 0 saturated heterocycles. The van der Waals surface area contributed by atoms with Crippen molar-refractivity contribution in [2.24, 2.45) is 0 Å². The number of methoxy groups -OCH3 is 1. The molecular formula is C26H24ClN5O4. The Morgan fingerprint density at radius 3 is 2.64 bits per heavy atom. The van der Waals surface area contributed by atoms with E-state index in [-0.39, 0.29) is 13.1 Å². The zero-order valence-electron chi connectivity index (χ0n) is 19.8. The average Bonchev–Trinajstić information content (AvgIpc) is 2.89. The van der Waals surface area contributed by atoms with E-state index in [4.69, 9.17) is 16.3 Å². The van der Waals surface area contributed by atoms with Crippen LogP contribution in [0.4, 0.5) is 0 Å². The fourth-order valence-corrected chi connectivity index (χ4v) is 3.74. The summed E-state index contributed by atoms with van der Waals surface area (Å²) in [6.07, 6.45) is 2.14. The van der Waals surface area contributed by atoms with Crippen molar-refractivity contribution in [3.63, 3.8) is 0 Å². The predicted octanol–water partition coefficient (Wildman–Crippen LogP) is 2.78. The molecule has 0 aliphatic rings. The van der Waals surface area contributed by atoms with Crippen LogP contribution in [0, 0.1) is 6.92 Å². The van der Waals surface area contributed by atoms with E-state index in [1.54, 1.807) is 54.7 Å². The summed E-state index contributed by atoms with van der Waals surface area (Å²) < 4.78 is 7.24. The standard InChI is InChI=1S/C26H24ClN5O4/c1-17-9-10-20(15-22(17)27)32-26(35)31(16-18-6-5-8-21(14-18)36-2)25(34)23(30-32)24(33)29-13-11-19-7-3-4-12-28-19/h3-10,12,14-15H,11,13,16H2,1-2H3,(H,29,33). The van der Waals surface area contributed by atoms with Gasteiger partial charge in [0.25, 0.3) is 11.5 Å². The molecule has 0 aliphatic carbocycles. The highest BCUT2D eigenvalue weighted by atomic mass is 35.5. The molecule has 184 valence electrons. The molecule has 4 aromatic rings. The normalized spacial score (nSPS) is 10.8. The maximum Gasteiger partial charge on any atom is 0.352 e. The van der Waals surface area contributed by atoms with Crippen LogP contribution in [0.3, 0.4) is 0 Å². The minimum absolute atomic E-state index is 0.0782. The molecule has 2 aromatic heterocycles. The Morgan fingerprint density at radius 2 is 1.92 bits per heavy atom. The lowest BCUT2D eigenvalue weighted by Gasteiger charge is -2.13. The first-order valence-electron chi connectivity index (χ1n) is 11.2. The van der Waals surface area contributed by atoms with Gasteiger partial charge in [-0.2, -0.15) is 9.78 Å². The number of ether oxygens (including phenoxy) is 1. The SMILES string of the molecule is COc1cccc(Cn2c(=O)c(C(=O)NCCc3ccccn3)nn(-c3ccc(C)c(Cl)c3)c2=O)c1. The molecule has 0 saturated carbocycles. The second-order valence-corrected chi connectivity index (χ2v) is 8.45. The van der Waals surface area contributed by atoms with Crippen molar-refractivity contribution in [1.29, 1.82) is 0 Å². The molecule has 0 spiro atoms. The molecule has 0 radical (unpaired) electrons. The van der Waals surface area contributed by atoms with Gasteiger partial charge in [-0.3, -0.25) is 19.1 Å². The highest BCUT2D eigenvalue weighted by Crippen LogP contribution is 2.18. The maximum absolute atomic E-state index is 13.4. The number of nitrogens with one attached hydrogen (secondary N) is 1. The van der Waals surface area contributed by atoms with Crippen molar-refractivity contribution in [2.75, 3.05) is 13.7 Å². The fraction of sp³-hybridized carbons (Fsp3) is 0.192. The molecule has 1 N–H and O–H groups in total. The van der Waals surface area contributed by atoms with E-state index in [0.717, 1.165) is 20.5 Å². The summed E-state index contributed by atoms with van der Waals surface area (Å²) in [6.45, 7) is 1.99. The number of pyridine rings is 1. The van der Waals surface area contributed by atoms with E-state index in [2.05, 4.69) is 15.4 Å². The van der Waals surface area contributed by atoms with E-state index in [1.807, 2.05) is 19.1 Å². The quantitative estimate of drug-likeness (QED) is 0.394. The first-order chi connectivity index (χ1) is 17.4. The summed E-state index contributed by atoms with van der Waals surface area (Å²) >= 11 is 6.27. The largest absolute Gasteiger partial charge is 0.497 e. The zero-order chi connectivity index (χ0) is 25.7. The van der Waals surface area contributed by atoms with Gasteiger partial charge in [0.15, 0.2) is 0 Å². The number of benzene rings is 2. The molecule has 0 fully saturated rings. The van der Waals surface area contributed by atoms with Gasteiger partial charge in [-0.05, 0) is 54.4 Å². The van der Waals surface area contributed by atoms with Gasteiger partial charge in [0.1, 0.15) is 5.75 Å². The van der Waals surface area contributed by atoms with Crippen molar-refractivity contribution in [1.82, 2.24) is 24.6 Å². The van der Waals surface area contributed by atoms with Gasteiger partial charge < -0.3 is 10.1 Å². The van der Waals surface area contributed by atoms with Gasteiger partial charge in [-0.1, -0.05) is 35.9 Å². The lowest BCUT2D eigenvalue weighted by atomic mass is 10.2. The monoisotopic (exact) mass is 505 g/mol. The molecule has 2 aromatic carbocycles. The number of halogens is 1. The fourth-order valence-electron chi connectivity index (χ4n) is 3.57. The molecule has 10 heteroatoms. The summed E-state index contributed by atoms with van der Waals surface area (Å²) in [7, 11) is 1.53. The van der Waals surface area contributed by atoms with Crippen molar-refractivity contribution < 1.29 is 9.53 Å². The smallest absolute Gasteiger partial charge is 0.352 e. The summed E-state index contributed by atoms with van der Waals surface area (Å²) in [4.78, 5) is 43.9. The Kier molecular flexibility index (Phi) is 7.60. The van der Waals surface area contributed by atoms with Gasteiger partial charge in [0.2, 0.25) is 5.69 Å². The molecule has 0 atom stereocenters. The predicted molar refractivity (Wildman–Crippen MR) is 136 cm³/mol. The third kappa shape index (κ3) is 5.52. The van der Waals surface area contributed by atoms with Gasteiger partial charge in [0, 0.05) is 29.9 Å². The number of aromatic nitrogens is 4. The number of hydrogen-bond acceptors (Lipinski definition) is 6. The number of hydrogen-bond donors (Lipinski definition) is 1. The number of amides is 1. The third-order valence-electron chi connectivity index (χ3n) is 5.54. The minimum Gasteiger partial charge on any atom is -0.497 e. The van der Waals surface area contributed by atoms with Crippen LogP contribution in [0.15, 0.2) is 76.4 Å². The van der Waals surface area contributed by atoms with Gasteiger partial charge in [-0.25, -0.2) is 4.79 Å². The number of nitrogens with zero attached hydrogens (tertiary/aromatic N) is 4. The van der Waals surface area contributed by atoms with E-state index in [1.165, 1.54) is 7.11 Å². The molecule has 2 heterocycles. The molecular weight excluding hydrogens is 482 g/mol. The van der Waals surface area contributed by atoms with Crippen LogP contribution in [0.2, 0.25) is 5.02 Å². The highest BCUT2D eigenvalue weighted by Gasteiger charge is 2.21. The second kappa shape index (κ2) is 11.0. The molecule has 0 aliphatic heterocycles. The van der Waals surface area contributed by atoms with Crippen LogP contribution in [-0.2, 0) is 13.0 Å². The molecule has 36 heavy (non-hydrogen) atoms. The Hall–Kier alpha value is -4.24. The van der Waals surface area contributed by atoms with E-state index < -0.39 is 22.9 Å². The van der Waals surface area contributed by atoms with Crippen LogP contribution in [-0.4, -0.2) is 38.9 Å². The van der Waals surface area contributed by atoms with E-state index in [9.17, 15) is 14.4 Å². The van der Waals surface area contributed by atoms with Crippen LogP contribution in [0.5, 0.6) is 5.75 Å². The zero-order valence-corrected chi connectivity index (χ0v) is 20.5. The van der Waals surface area contributed by atoms with Gasteiger partial charge in [-0.15, -0.1) is 0 Å². The number of carbonyl (C=O) groups excluding carboxylic acids is 1. The second-order valence-electron chi connectivity index (χ2n) is 8.05. The number of rotatable bonds is 8. The van der Waals surface area contributed by atoms with Crippen LogP contribution in [0.1, 0.15) is 27.3 Å². The van der Waals surface area contributed by atoms with Gasteiger partial charge >= 0.3 is 5.69 Å². The Labute approximate surface area is 212 Å². The first kappa shape index (κ1) is 24.9. The summed E-state index contributed by atoms with van der Waals surface area (Å²) in [5, 5.41) is 7.26. The number of carbonyl (C=O) groups is 1. The third-order valence-corrected chi connectivity index (χ3v) is 5.95. The Morgan fingerprint density at radius 1 is 1.08 bits per heavy atom. The highest BCUT2D eigenvalue weighted by molar-refractivity contribution is 6.31. The maximum atomic E-state index is 13.4. The molecule has 0 bridgehead atoms. The molecule has 1 amide bonds. The topological polar surface area (TPSA) is 108 Å². The lowest BCUT2D eigenvalue weighted by Crippen LogP contribution is -2.46. The summed E-state index contributed by atoms with van der Waals surface area (Å²) in [5.41, 5.74) is 0.675.